The summed E-state index contributed by atoms with van der Waals surface area (Å²) in [4.78, 5) is 11.9. The zero-order valence-electron chi connectivity index (χ0n) is 13.1. The van der Waals surface area contributed by atoms with Crippen LogP contribution in [-0.2, 0) is 24.5 Å². The summed E-state index contributed by atoms with van der Waals surface area (Å²) in [6.07, 6.45) is -0.593. The van der Waals surface area contributed by atoms with Gasteiger partial charge in [-0.1, -0.05) is 12.1 Å². The van der Waals surface area contributed by atoms with Gasteiger partial charge in [0.2, 0.25) is 0 Å². The van der Waals surface area contributed by atoms with Gasteiger partial charge in [-0.3, -0.25) is 4.79 Å². The minimum atomic E-state index is -5.92. The Morgan fingerprint density at radius 2 is 1.88 bits per heavy atom. The molecule has 0 fully saturated rings. The average molecular weight is 382 g/mol. The summed E-state index contributed by atoms with van der Waals surface area (Å²) in [5, 5.41) is 9.70. The van der Waals surface area contributed by atoms with Crippen molar-refractivity contribution in [3.8, 4) is 0 Å². The highest BCUT2D eigenvalue weighted by atomic mass is 32.2. The van der Waals surface area contributed by atoms with Crippen molar-refractivity contribution >= 4 is 16.1 Å². The van der Waals surface area contributed by atoms with E-state index in [2.05, 4.69) is 4.18 Å². The number of aliphatic carboxylic acids is 1. The third-order valence-corrected chi connectivity index (χ3v) is 5.36. The van der Waals surface area contributed by atoms with E-state index < -0.39 is 38.6 Å². The van der Waals surface area contributed by atoms with E-state index in [0.717, 1.165) is 6.07 Å². The molecule has 0 unspecified atom stereocenters. The van der Waals surface area contributed by atoms with Crippen LogP contribution >= 0.6 is 0 Å². The first-order valence-electron chi connectivity index (χ1n) is 7.04. The van der Waals surface area contributed by atoms with E-state index in [1.165, 1.54) is 26.0 Å². The summed E-state index contributed by atoms with van der Waals surface area (Å²) in [6, 6.07) is 3.74. The molecule has 1 aliphatic carbocycles. The van der Waals surface area contributed by atoms with Crippen LogP contribution in [-0.4, -0.2) is 25.0 Å². The standard InChI is InChI=1S/C15H14F4O5S/c1-8-10(4-3-5-11(8)16)14(13(20)21)7-6-12(9(14)2)24-25(22,23)15(17,18)19/h3-5H,6-7H2,1-2H3,(H,20,21)/t14-/m0/s1. The molecule has 0 bridgehead atoms. The Bertz CT molecular complexity index is 857. The van der Waals surface area contributed by atoms with E-state index in [-0.39, 0.29) is 29.5 Å². The molecule has 0 aromatic heterocycles. The van der Waals surface area contributed by atoms with Crippen LogP contribution in [0.3, 0.4) is 0 Å². The SMILES string of the molecule is CC1=C(OS(=O)(=O)C(F)(F)F)CC[C@@]1(C(=O)O)c1cccc(F)c1C. The Morgan fingerprint density at radius 1 is 1.28 bits per heavy atom. The number of carboxylic acid groups (broad SMARTS) is 1. The van der Waals surface area contributed by atoms with Crippen LogP contribution in [0.4, 0.5) is 17.6 Å². The first-order valence-corrected chi connectivity index (χ1v) is 8.45. The predicted octanol–water partition coefficient (Wildman–Crippen LogP) is 3.39. The summed E-state index contributed by atoms with van der Waals surface area (Å²) >= 11 is 0. The van der Waals surface area contributed by atoms with Crippen molar-refractivity contribution in [1.82, 2.24) is 0 Å². The van der Waals surface area contributed by atoms with Crippen molar-refractivity contribution in [3.63, 3.8) is 0 Å². The molecule has 5 nitrogen and oxygen atoms in total. The van der Waals surface area contributed by atoms with Crippen molar-refractivity contribution < 1.29 is 40.1 Å². The van der Waals surface area contributed by atoms with Gasteiger partial charge in [-0.15, -0.1) is 0 Å². The van der Waals surface area contributed by atoms with E-state index in [1.807, 2.05) is 0 Å². The van der Waals surface area contributed by atoms with E-state index >= 15 is 0 Å². The minimum Gasteiger partial charge on any atom is -0.480 e. The van der Waals surface area contributed by atoms with Gasteiger partial charge in [0, 0.05) is 6.42 Å². The first-order chi connectivity index (χ1) is 11.3. The molecule has 25 heavy (non-hydrogen) atoms. The summed E-state index contributed by atoms with van der Waals surface area (Å²) in [6.45, 7) is 2.51. The number of alkyl halides is 3. The molecule has 1 N–H and O–H groups in total. The molecule has 0 aliphatic heterocycles. The van der Waals surface area contributed by atoms with Crippen molar-refractivity contribution in [1.29, 1.82) is 0 Å². The number of carboxylic acids is 1. The first kappa shape index (κ1) is 19.2. The number of allylic oxidation sites excluding steroid dienone is 1. The highest BCUT2D eigenvalue weighted by molar-refractivity contribution is 7.87. The number of halogens is 4. The lowest BCUT2D eigenvalue weighted by Crippen LogP contribution is -2.36. The van der Waals surface area contributed by atoms with Gasteiger partial charge in [0.15, 0.2) is 0 Å². The quantitative estimate of drug-likeness (QED) is 0.491. The predicted molar refractivity (Wildman–Crippen MR) is 78.4 cm³/mol. The van der Waals surface area contributed by atoms with Gasteiger partial charge in [-0.2, -0.15) is 21.6 Å². The lowest BCUT2D eigenvalue weighted by Gasteiger charge is -2.28. The second-order valence-electron chi connectivity index (χ2n) is 5.65. The van der Waals surface area contributed by atoms with Crippen LogP contribution in [0.15, 0.2) is 29.5 Å². The Balaban J connectivity index is 2.61. The number of carbonyl (C=O) groups is 1. The van der Waals surface area contributed by atoms with E-state index in [0.29, 0.717) is 0 Å². The molecule has 10 heteroatoms. The molecule has 0 radical (unpaired) electrons. The molecular formula is C15H14F4O5S. The molecule has 0 amide bonds. The molecule has 2 rings (SSSR count). The second kappa shape index (κ2) is 6.01. The monoisotopic (exact) mass is 382 g/mol. The van der Waals surface area contributed by atoms with Crippen LogP contribution in [0.1, 0.15) is 30.9 Å². The van der Waals surface area contributed by atoms with Crippen LogP contribution in [0, 0.1) is 12.7 Å². The van der Waals surface area contributed by atoms with Crippen LogP contribution in [0.5, 0.6) is 0 Å². The van der Waals surface area contributed by atoms with Crippen molar-refractivity contribution in [3.05, 3.63) is 46.5 Å². The lowest BCUT2D eigenvalue weighted by molar-refractivity contribution is -0.142. The zero-order valence-corrected chi connectivity index (χ0v) is 14.0. The Labute approximate surface area is 141 Å². The third-order valence-electron chi connectivity index (χ3n) is 4.37. The maximum Gasteiger partial charge on any atom is 0.534 e. The zero-order chi connectivity index (χ0) is 19.2. The summed E-state index contributed by atoms with van der Waals surface area (Å²) in [7, 11) is -5.92. The smallest absolute Gasteiger partial charge is 0.480 e. The Morgan fingerprint density at radius 3 is 2.40 bits per heavy atom. The highest BCUT2D eigenvalue weighted by Gasteiger charge is 2.53. The summed E-state index contributed by atoms with van der Waals surface area (Å²) in [5.41, 5.74) is -7.64. The number of hydrogen-bond donors (Lipinski definition) is 1. The van der Waals surface area contributed by atoms with Gasteiger partial charge in [-0.25, -0.2) is 4.39 Å². The van der Waals surface area contributed by atoms with Crippen molar-refractivity contribution in [2.24, 2.45) is 0 Å². The van der Waals surface area contributed by atoms with Gasteiger partial charge in [0.05, 0.1) is 0 Å². The van der Waals surface area contributed by atoms with E-state index in [9.17, 15) is 35.9 Å². The van der Waals surface area contributed by atoms with E-state index in [4.69, 9.17) is 0 Å². The summed E-state index contributed by atoms with van der Waals surface area (Å²) in [5.74, 6) is -2.70. The molecule has 0 spiro atoms. The molecule has 1 aromatic carbocycles. The molecule has 1 atom stereocenters. The maximum absolute atomic E-state index is 13.8. The van der Waals surface area contributed by atoms with Gasteiger partial charge in [-0.05, 0) is 43.0 Å². The largest absolute Gasteiger partial charge is 0.534 e. The molecule has 0 saturated carbocycles. The second-order valence-corrected chi connectivity index (χ2v) is 7.19. The Hall–Kier alpha value is -2.10. The van der Waals surface area contributed by atoms with Gasteiger partial charge in [0.1, 0.15) is 17.0 Å². The van der Waals surface area contributed by atoms with Crippen molar-refractivity contribution in [2.75, 3.05) is 0 Å². The number of rotatable bonds is 4. The topological polar surface area (TPSA) is 80.7 Å². The molecule has 0 heterocycles. The average Bonchev–Trinajstić information content (AvgIpc) is 2.79. The van der Waals surface area contributed by atoms with Crippen LogP contribution < -0.4 is 0 Å². The lowest BCUT2D eigenvalue weighted by atomic mass is 9.73. The van der Waals surface area contributed by atoms with Crippen LogP contribution in [0.2, 0.25) is 0 Å². The molecule has 1 aliphatic rings. The molecule has 138 valence electrons. The number of hydrogen-bond acceptors (Lipinski definition) is 4. The van der Waals surface area contributed by atoms with Gasteiger partial charge in [0.25, 0.3) is 0 Å². The Kier molecular flexibility index (Phi) is 4.62. The fourth-order valence-corrected chi connectivity index (χ4v) is 3.55. The van der Waals surface area contributed by atoms with Gasteiger partial charge < -0.3 is 9.29 Å². The van der Waals surface area contributed by atoms with E-state index in [1.54, 1.807) is 0 Å². The third kappa shape index (κ3) is 2.99. The van der Waals surface area contributed by atoms with Crippen LogP contribution in [0.25, 0.3) is 0 Å². The fourth-order valence-electron chi connectivity index (χ4n) is 2.99. The number of benzene rings is 1. The normalized spacial score (nSPS) is 21.5. The minimum absolute atomic E-state index is 0.0178. The molecule has 1 aromatic rings. The van der Waals surface area contributed by atoms with Gasteiger partial charge >= 0.3 is 21.6 Å². The van der Waals surface area contributed by atoms with Crippen molar-refractivity contribution in [2.45, 2.75) is 37.6 Å². The fraction of sp³-hybridized carbons (Fsp3) is 0.400. The highest BCUT2D eigenvalue weighted by Crippen LogP contribution is 2.48. The molecule has 0 saturated heterocycles. The maximum atomic E-state index is 13.8. The summed E-state index contributed by atoms with van der Waals surface area (Å²) < 4.78 is 77.9. The molecular weight excluding hydrogens is 368 g/mol.